The summed E-state index contributed by atoms with van der Waals surface area (Å²) in [4.78, 5) is 30.7. The van der Waals surface area contributed by atoms with Gasteiger partial charge in [0.2, 0.25) is 5.91 Å². The third-order valence-electron chi connectivity index (χ3n) is 2.16. The molecule has 0 unspecified atom stereocenters. The van der Waals surface area contributed by atoms with Crippen LogP contribution in [0.25, 0.3) is 0 Å². The van der Waals surface area contributed by atoms with E-state index in [9.17, 15) is 28.0 Å². The second-order valence-corrected chi connectivity index (χ2v) is 3.94. The van der Waals surface area contributed by atoms with Gasteiger partial charge in [-0.3, -0.25) is 14.8 Å². The molecular formula is C11H19F3N2O6. The normalized spacial score (nSPS) is 10.3. The maximum absolute atomic E-state index is 11.2. The van der Waals surface area contributed by atoms with Crippen molar-refractivity contribution in [3.05, 3.63) is 0 Å². The van der Waals surface area contributed by atoms with Crippen molar-refractivity contribution in [2.45, 2.75) is 31.9 Å². The summed E-state index contributed by atoms with van der Waals surface area (Å²) < 4.78 is 35.9. The molecule has 22 heavy (non-hydrogen) atoms. The molecule has 4 N–H and O–H groups in total. The van der Waals surface area contributed by atoms with Crippen LogP contribution in [0.3, 0.4) is 0 Å². The lowest BCUT2D eigenvalue weighted by atomic mass is 10.2. The first-order valence-corrected chi connectivity index (χ1v) is 6.19. The van der Waals surface area contributed by atoms with Gasteiger partial charge in [-0.15, -0.1) is 0 Å². The number of methoxy groups -OCH3 is 1. The topological polar surface area (TPSA) is 135 Å². The highest BCUT2D eigenvalue weighted by Gasteiger charge is 2.28. The average molecular weight is 332 g/mol. The first-order valence-electron chi connectivity index (χ1n) is 6.19. The van der Waals surface area contributed by atoms with Gasteiger partial charge in [0.05, 0.1) is 20.1 Å². The lowest BCUT2D eigenvalue weighted by Crippen LogP contribution is -2.50. The van der Waals surface area contributed by atoms with Crippen LogP contribution in [-0.2, 0) is 19.1 Å². The molecule has 0 heterocycles. The molecule has 130 valence electrons. The molecule has 0 aliphatic heterocycles. The Morgan fingerprint density at radius 1 is 1.23 bits per heavy atom. The van der Waals surface area contributed by atoms with Crippen molar-refractivity contribution >= 4 is 17.8 Å². The molecule has 0 aromatic heterocycles. The van der Waals surface area contributed by atoms with Crippen LogP contribution in [0.2, 0.25) is 0 Å². The van der Waals surface area contributed by atoms with Crippen LogP contribution in [0.4, 0.5) is 13.2 Å². The van der Waals surface area contributed by atoms with Crippen LogP contribution in [-0.4, -0.2) is 54.5 Å². The number of quaternary nitrogens is 1. The predicted molar refractivity (Wildman–Crippen MR) is 62.8 cm³/mol. The standard InChI is InChI=1S/C9H18N2O4.C2HF3O2/c1-15-9(13)5-4-8(12)11(14)7-3-2-6-10;3-2(4,5)1(6)7/h14H,2-7,10H2,1H3;(H,6,7). The fourth-order valence-corrected chi connectivity index (χ4v) is 1.00. The van der Waals surface area contributed by atoms with Crippen molar-refractivity contribution in [3.8, 4) is 0 Å². The predicted octanol–water partition coefficient (Wildman–Crippen LogP) is -1.52. The molecule has 0 spiro atoms. The number of unbranched alkanes of at least 4 members (excludes halogenated alkanes) is 1. The molecular weight excluding hydrogens is 313 g/mol. The maximum Gasteiger partial charge on any atom is 0.430 e. The number of amides is 1. The number of carboxylic acids is 1. The van der Waals surface area contributed by atoms with E-state index in [4.69, 9.17) is 9.90 Å². The molecule has 0 radical (unpaired) electrons. The summed E-state index contributed by atoms with van der Waals surface area (Å²) in [6, 6.07) is 0. The van der Waals surface area contributed by atoms with Gasteiger partial charge in [-0.2, -0.15) is 13.2 Å². The van der Waals surface area contributed by atoms with Crippen LogP contribution < -0.4 is 10.8 Å². The van der Waals surface area contributed by atoms with Gasteiger partial charge in [-0.1, -0.05) is 0 Å². The molecule has 0 aromatic rings. The quantitative estimate of drug-likeness (QED) is 0.252. The summed E-state index contributed by atoms with van der Waals surface area (Å²) in [6.07, 6.45) is -3.64. The number of hydrogen-bond acceptors (Lipinski definition) is 6. The lowest BCUT2D eigenvalue weighted by Gasteiger charge is -2.13. The molecule has 0 saturated heterocycles. The molecule has 0 aliphatic carbocycles. The third kappa shape index (κ3) is 13.1. The maximum atomic E-state index is 11.2. The summed E-state index contributed by atoms with van der Waals surface area (Å²) in [5.74, 6) is -3.91. The minimum atomic E-state index is -5.19. The molecule has 0 atom stereocenters. The second-order valence-electron chi connectivity index (χ2n) is 3.94. The summed E-state index contributed by atoms with van der Waals surface area (Å²) in [7, 11) is 1.26. The number of ether oxygens (including phenoxy) is 1. The van der Waals surface area contributed by atoms with Crippen molar-refractivity contribution in [1.82, 2.24) is 5.06 Å². The Hall–Kier alpha value is -1.88. The Morgan fingerprint density at radius 2 is 1.73 bits per heavy atom. The highest BCUT2D eigenvalue weighted by molar-refractivity contribution is 5.80. The Labute approximate surface area is 124 Å². The molecule has 0 aliphatic rings. The summed E-state index contributed by atoms with van der Waals surface area (Å²) in [5.41, 5.74) is 3.65. The fraction of sp³-hybridized carbons (Fsp3) is 0.727. The smallest absolute Gasteiger partial charge is 0.430 e. The van der Waals surface area contributed by atoms with Crippen LogP contribution in [0, 0.1) is 0 Å². The Morgan fingerprint density at radius 3 is 2.09 bits per heavy atom. The van der Waals surface area contributed by atoms with Crippen LogP contribution in [0.1, 0.15) is 25.7 Å². The number of rotatable bonds is 7. The molecule has 0 aromatic carbocycles. The van der Waals surface area contributed by atoms with E-state index in [-0.39, 0.29) is 19.4 Å². The lowest BCUT2D eigenvalue weighted by molar-refractivity contribution is -0.368. The van der Waals surface area contributed by atoms with E-state index in [0.717, 1.165) is 13.0 Å². The molecule has 8 nitrogen and oxygen atoms in total. The number of alkyl halides is 3. The Balaban J connectivity index is 0. The van der Waals surface area contributed by atoms with Gasteiger partial charge in [0, 0.05) is 13.0 Å². The molecule has 11 heteroatoms. The number of halogens is 3. The fourth-order valence-electron chi connectivity index (χ4n) is 1.00. The molecule has 0 rings (SSSR count). The van der Waals surface area contributed by atoms with E-state index in [0.29, 0.717) is 11.5 Å². The number of aliphatic carboxylic acids is 1. The van der Waals surface area contributed by atoms with Gasteiger partial charge in [0.15, 0.2) is 0 Å². The van der Waals surface area contributed by atoms with Gasteiger partial charge in [-0.05, 0) is 12.8 Å². The third-order valence-corrected chi connectivity index (χ3v) is 2.16. The number of carboxylic acid groups (broad SMARTS) is 1. The van der Waals surface area contributed by atoms with Crippen molar-refractivity contribution in [1.29, 1.82) is 0 Å². The summed E-state index contributed by atoms with van der Waals surface area (Å²) in [5, 5.41) is 18.7. The molecule has 0 fully saturated rings. The van der Waals surface area contributed by atoms with E-state index >= 15 is 0 Å². The Kier molecular flexibility index (Phi) is 12.0. The van der Waals surface area contributed by atoms with Crippen LogP contribution in [0.15, 0.2) is 0 Å². The van der Waals surface area contributed by atoms with Crippen LogP contribution in [0.5, 0.6) is 0 Å². The summed E-state index contributed by atoms with van der Waals surface area (Å²) in [6.45, 7) is 1.07. The van der Waals surface area contributed by atoms with E-state index in [1.807, 2.05) is 0 Å². The SMILES string of the molecule is COC(=O)CCC(=O)N(O)CCCC[NH3+].O=C([O-])C(F)(F)F. The van der Waals surface area contributed by atoms with Crippen molar-refractivity contribution in [3.63, 3.8) is 0 Å². The molecule has 0 bridgehead atoms. The average Bonchev–Trinajstić information content (AvgIpc) is 2.43. The highest BCUT2D eigenvalue weighted by Crippen LogP contribution is 2.11. The van der Waals surface area contributed by atoms with Gasteiger partial charge < -0.3 is 20.4 Å². The Bertz CT molecular complexity index is 362. The number of nitrogens with zero attached hydrogens (tertiary/aromatic N) is 1. The highest BCUT2D eigenvalue weighted by atomic mass is 19.4. The number of carbonyl (C=O) groups is 3. The zero-order valence-corrected chi connectivity index (χ0v) is 12.0. The zero-order chi connectivity index (χ0) is 17.8. The van der Waals surface area contributed by atoms with Crippen molar-refractivity contribution in [2.24, 2.45) is 0 Å². The monoisotopic (exact) mass is 332 g/mol. The number of hydroxylamine groups is 2. The summed E-state index contributed by atoms with van der Waals surface area (Å²) >= 11 is 0. The van der Waals surface area contributed by atoms with Gasteiger partial charge in [-0.25, -0.2) is 5.06 Å². The van der Waals surface area contributed by atoms with Crippen molar-refractivity contribution in [2.75, 3.05) is 20.2 Å². The van der Waals surface area contributed by atoms with E-state index in [2.05, 4.69) is 10.5 Å². The number of carbonyl (C=O) groups excluding carboxylic acids is 3. The minimum Gasteiger partial charge on any atom is -0.542 e. The second kappa shape index (κ2) is 11.7. The number of hydrogen-bond donors (Lipinski definition) is 2. The molecule has 0 saturated carbocycles. The van der Waals surface area contributed by atoms with Gasteiger partial charge >= 0.3 is 12.1 Å². The molecule has 1 amide bonds. The number of esters is 1. The van der Waals surface area contributed by atoms with E-state index in [1.54, 1.807) is 0 Å². The van der Waals surface area contributed by atoms with Gasteiger partial charge in [0.1, 0.15) is 5.97 Å². The largest absolute Gasteiger partial charge is 0.542 e. The van der Waals surface area contributed by atoms with Gasteiger partial charge in [0.25, 0.3) is 0 Å². The first kappa shape index (κ1) is 22.4. The van der Waals surface area contributed by atoms with Crippen LogP contribution >= 0.6 is 0 Å². The first-order chi connectivity index (χ1) is 10.1. The zero-order valence-electron chi connectivity index (χ0n) is 12.0. The van der Waals surface area contributed by atoms with E-state index < -0.39 is 24.0 Å². The van der Waals surface area contributed by atoms with E-state index in [1.165, 1.54) is 7.11 Å². The van der Waals surface area contributed by atoms with Crippen molar-refractivity contribution < 1.29 is 48.3 Å². The minimum absolute atomic E-state index is 0.00171.